The number of aromatic amines is 1. The molecule has 0 atom stereocenters. The number of aryl methyl sites for hydroxylation is 1. The topological polar surface area (TPSA) is 102 Å². The minimum absolute atomic E-state index is 0.187. The number of hydrogen-bond acceptors (Lipinski definition) is 7. The molecule has 0 spiro atoms. The Balaban J connectivity index is 1.29. The summed E-state index contributed by atoms with van der Waals surface area (Å²) in [5.74, 6) is 0.583. The lowest BCUT2D eigenvalue weighted by Crippen LogP contribution is -2.46. The Labute approximate surface area is 184 Å². The van der Waals surface area contributed by atoms with E-state index < -0.39 is 0 Å². The molecule has 3 heterocycles. The van der Waals surface area contributed by atoms with E-state index in [4.69, 9.17) is 4.42 Å². The highest BCUT2D eigenvalue weighted by Crippen LogP contribution is 2.23. The highest BCUT2D eigenvalue weighted by molar-refractivity contribution is 5.89. The maximum absolute atomic E-state index is 12.5. The molecule has 2 aromatic carbocycles. The molecule has 1 aliphatic rings. The largest absolute Gasteiger partial charge is 0.408 e. The minimum atomic E-state index is -0.187. The molecule has 0 amide bonds. The van der Waals surface area contributed by atoms with Crippen molar-refractivity contribution >= 4 is 16.8 Å². The van der Waals surface area contributed by atoms with Crippen molar-refractivity contribution in [1.29, 1.82) is 5.26 Å². The molecule has 0 bridgehead atoms. The number of nitrogens with zero attached hydrogens (tertiary/aromatic N) is 5. The lowest BCUT2D eigenvalue weighted by molar-refractivity contribution is 0.245. The zero-order valence-corrected chi connectivity index (χ0v) is 17.7. The molecule has 0 unspecified atom stereocenters. The lowest BCUT2D eigenvalue weighted by atomic mass is 10.0. The van der Waals surface area contributed by atoms with Crippen molar-refractivity contribution < 1.29 is 4.42 Å². The molecule has 0 saturated carbocycles. The summed E-state index contributed by atoms with van der Waals surface area (Å²) >= 11 is 0. The van der Waals surface area contributed by atoms with E-state index in [1.165, 1.54) is 5.56 Å². The number of anilines is 1. The molecule has 0 aliphatic carbocycles. The average Bonchev–Trinajstić information content (AvgIpc) is 3.26. The summed E-state index contributed by atoms with van der Waals surface area (Å²) in [5.41, 5.74) is 3.14. The number of hydrogen-bond donors (Lipinski definition) is 1. The molecule has 1 fully saturated rings. The predicted octanol–water partition coefficient (Wildman–Crippen LogP) is 3.08. The average molecular weight is 426 g/mol. The lowest BCUT2D eigenvalue weighted by Gasteiger charge is -2.33. The Morgan fingerprint density at radius 1 is 1.06 bits per heavy atom. The first-order chi connectivity index (χ1) is 15.6. The second-order valence-corrected chi connectivity index (χ2v) is 7.95. The van der Waals surface area contributed by atoms with E-state index in [1.807, 2.05) is 18.2 Å². The molecular formula is C24H22N6O2. The number of pyridine rings is 1. The second-order valence-electron chi connectivity index (χ2n) is 7.95. The fraction of sp³-hybridized carbons (Fsp3) is 0.250. The summed E-state index contributed by atoms with van der Waals surface area (Å²) in [6, 6.07) is 18.0. The number of piperazine rings is 1. The summed E-state index contributed by atoms with van der Waals surface area (Å²) in [6.07, 6.45) is 0. The van der Waals surface area contributed by atoms with Crippen molar-refractivity contribution in [2.24, 2.45) is 0 Å². The van der Waals surface area contributed by atoms with Gasteiger partial charge in [0.2, 0.25) is 5.89 Å². The minimum Gasteiger partial charge on any atom is -0.408 e. The number of rotatable bonds is 4. The molecule has 5 rings (SSSR count). The maximum atomic E-state index is 12.5. The van der Waals surface area contributed by atoms with Crippen molar-refractivity contribution in [3.05, 3.63) is 75.9 Å². The van der Waals surface area contributed by atoms with Gasteiger partial charge in [0.05, 0.1) is 11.6 Å². The predicted molar refractivity (Wildman–Crippen MR) is 121 cm³/mol. The van der Waals surface area contributed by atoms with Crippen molar-refractivity contribution in [2.75, 3.05) is 31.1 Å². The van der Waals surface area contributed by atoms with Gasteiger partial charge in [-0.25, -0.2) is 0 Å². The van der Waals surface area contributed by atoms with Crippen LogP contribution < -0.4 is 10.5 Å². The van der Waals surface area contributed by atoms with Gasteiger partial charge in [-0.2, -0.15) is 5.26 Å². The first kappa shape index (κ1) is 20.0. The van der Waals surface area contributed by atoms with Crippen LogP contribution >= 0.6 is 0 Å². The van der Waals surface area contributed by atoms with Crippen LogP contribution in [0, 0.1) is 18.3 Å². The van der Waals surface area contributed by atoms with Crippen molar-refractivity contribution in [2.45, 2.75) is 13.5 Å². The number of nitriles is 1. The number of H-pyrrole nitrogens is 1. The first-order valence-corrected chi connectivity index (χ1v) is 10.5. The molecular weight excluding hydrogens is 404 g/mol. The zero-order valence-electron chi connectivity index (χ0n) is 17.7. The fourth-order valence-electron chi connectivity index (χ4n) is 4.10. The highest BCUT2D eigenvalue weighted by Gasteiger charge is 2.21. The van der Waals surface area contributed by atoms with Gasteiger partial charge in [-0.3, -0.25) is 9.69 Å². The molecule has 1 aliphatic heterocycles. The van der Waals surface area contributed by atoms with Crippen LogP contribution in [0.2, 0.25) is 0 Å². The van der Waals surface area contributed by atoms with Crippen LogP contribution in [0.15, 0.2) is 57.7 Å². The van der Waals surface area contributed by atoms with Crippen LogP contribution in [0.25, 0.3) is 22.0 Å². The first-order valence-electron chi connectivity index (χ1n) is 10.5. The van der Waals surface area contributed by atoms with Gasteiger partial charge >= 0.3 is 6.01 Å². The fourth-order valence-corrected chi connectivity index (χ4v) is 4.10. The van der Waals surface area contributed by atoms with E-state index in [2.05, 4.69) is 43.2 Å². The normalized spacial score (nSPS) is 14.6. The van der Waals surface area contributed by atoms with Gasteiger partial charge in [0.15, 0.2) is 0 Å². The third-order valence-electron chi connectivity index (χ3n) is 5.84. The van der Waals surface area contributed by atoms with Gasteiger partial charge in [-0.1, -0.05) is 35.4 Å². The van der Waals surface area contributed by atoms with Crippen LogP contribution in [0.1, 0.15) is 17.0 Å². The molecule has 1 N–H and O–H groups in total. The third kappa shape index (κ3) is 3.86. The third-order valence-corrected chi connectivity index (χ3v) is 5.84. The SMILES string of the molecule is Cc1nnc(N2CCN(Cc3ccc(-c4cc5c(C#N)cccc5c(=O)[nH]4)cc3)CC2)o1. The maximum Gasteiger partial charge on any atom is 0.318 e. The van der Waals surface area contributed by atoms with Crippen molar-refractivity contribution in [1.82, 2.24) is 20.1 Å². The van der Waals surface area contributed by atoms with Gasteiger partial charge in [-0.15, -0.1) is 5.10 Å². The van der Waals surface area contributed by atoms with E-state index in [1.54, 1.807) is 25.1 Å². The summed E-state index contributed by atoms with van der Waals surface area (Å²) < 4.78 is 5.52. The van der Waals surface area contributed by atoms with Gasteiger partial charge in [0, 0.05) is 56.1 Å². The Hall–Kier alpha value is -3.96. The summed E-state index contributed by atoms with van der Waals surface area (Å²) in [7, 11) is 0. The molecule has 8 heteroatoms. The summed E-state index contributed by atoms with van der Waals surface area (Å²) in [4.78, 5) is 20.0. The highest BCUT2D eigenvalue weighted by atomic mass is 16.4. The van der Waals surface area contributed by atoms with Crippen LogP contribution in [0.5, 0.6) is 0 Å². The quantitative estimate of drug-likeness (QED) is 0.535. The summed E-state index contributed by atoms with van der Waals surface area (Å²) in [6.45, 7) is 6.17. The van der Waals surface area contributed by atoms with Gasteiger partial charge in [-0.05, 0) is 29.3 Å². The zero-order chi connectivity index (χ0) is 22.1. The molecule has 8 nitrogen and oxygen atoms in total. The molecule has 32 heavy (non-hydrogen) atoms. The second kappa shape index (κ2) is 8.29. The molecule has 4 aromatic rings. The smallest absolute Gasteiger partial charge is 0.318 e. The molecule has 1 saturated heterocycles. The van der Waals surface area contributed by atoms with Crippen LogP contribution in [0.4, 0.5) is 6.01 Å². The standard InChI is InChI=1S/C24H22N6O2/c1-16-27-28-24(32-16)30-11-9-29(10-12-30)15-17-5-7-18(8-6-17)22-13-21-19(14-25)3-2-4-20(21)23(31)26-22/h2-8,13H,9-12,15H2,1H3,(H,26,31). The molecule has 0 radical (unpaired) electrons. The Bertz CT molecular complexity index is 1360. The van der Waals surface area contributed by atoms with Crippen LogP contribution in [-0.2, 0) is 6.54 Å². The van der Waals surface area contributed by atoms with E-state index in [0.29, 0.717) is 33.9 Å². The van der Waals surface area contributed by atoms with Gasteiger partial charge < -0.3 is 14.3 Å². The number of fused-ring (bicyclic) bond motifs is 1. The Kier molecular flexibility index (Phi) is 5.17. The van der Waals surface area contributed by atoms with Crippen molar-refractivity contribution in [3.63, 3.8) is 0 Å². The van der Waals surface area contributed by atoms with Crippen LogP contribution in [-0.4, -0.2) is 46.3 Å². The molecule has 160 valence electrons. The Morgan fingerprint density at radius 3 is 2.53 bits per heavy atom. The Morgan fingerprint density at radius 2 is 1.84 bits per heavy atom. The van der Waals surface area contributed by atoms with Crippen LogP contribution in [0.3, 0.4) is 0 Å². The van der Waals surface area contributed by atoms with E-state index in [0.717, 1.165) is 38.3 Å². The number of nitrogens with one attached hydrogen (secondary N) is 1. The number of aromatic nitrogens is 3. The van der Waals surface area contributed by atoms with E-state index in [9.17, 15) is 10.1 Å². The van der Waals surface area contributed by atoms with E-state index >= 15 is 0 Å². The van der Waals surface area contributed by atoms with Gasteiger partial charge in [0.1, 0.15) is 0 Å². The number of benzene rings is 2. The van der Waals surface area contributed by atoms with Crippen molar-refractivity contribution in [3.8, 4) is 17.3 Å². The molecule has 2 aromatic heterocycles. The monoisotopic (exact) mass is 426 g/mol. The summed E-state index contributed by atoms with van der Waals surface area (Å²) in [5, 5.41) is 18.6. The van der Waals surface area contributed by atoms with Gasteiger partial charge in [0.25, 0.3) is 5.56 Å². The van der Waals surface area contributed by atoms with E-state index in [-0.39, 0.29) is 5.56 Å².